The third-order valence-corrected chi connectivity index (χ3v) is 2.09. The third kappa shape index (κ3) is 3.08. The minimum absolute atomic E-state index is 0.0263. The van der Waals surface area contributed by atoms with E-state index in [2.05, 4.69) is 11.9 Å². The number of ether oxygens (including phenoxy) is 1. The second-order valence-electron chi connectivity index (χ2n) is 3.53. The maximum absolute atomic E-state index is 10.5. The summed E-state index contributed by atoms with van der Waals surface area (Å²) in [5, 5.41) is 10.5. The molecule has 16 heavy (non-hydrogen) atoms. The second-order valence-corrected chi connectivity index (χ2v) is 3.53. The maximum Gasteiger partial charge on any atom is 0.311 e. The fourth-order valence-electron chi connectivity index (χ4n) is 1.34. The molecule has 1 heterocycles. The summed E-state index contributed by atoms with van der Waals surface area (Å²) in [5.41, 5.74) is 5.24. The summed E-state index contributed by atoms with van der Waals surface area (Å²) in [6.45, 7) is 3.97. The van der Waals surface area contributed by atoms with E-state index in [4.69, 9.17) is 10.5 Å². The molecule has 0 spiro atoms. The van der Waals surface area contributed by atoms with Crippen molar-refractivity contribution in [2.45, 2.75) is 32.8 Å². The molecule has 6 heteroatoms. The molecule has 0 radical (unpaired) electrons. The minimum Gasteiger partial charge on any atom is -0.475 e. The zero-order valence-electron chi connectivity index (χ0n) is 9.34. The Bertz CT molecular complexity index is 382. The highest BCUT2D eigenvalue weighted by Gasteiger charge is 2.14. The van der Waals surface area contributed by atoms with Gasteiger partial charge >= 0.3 is 5.69 Å². The van der Waals surface area contributed by atoms with Crippen LogP contribution in [0.3, 0.4) is 0 Å². The van der Waals surface area contributed by atoms with Crippen molar-refractivity contribution in [2.24, 2.45) is 0 Å². The summed E-state index contributed by atoms with van der Waals surface area (Å²) >= 11 is 0. The van der Waals surface area contributed by atoms with E-state index in [9.17, 15) is 10.1 Å². The number of hydrogen-bond donors (Lipinski definition) is 1. The summed E-state index contributed by atoms with van der Waals surface area (Å²) in [6, 6.07) is 2.76. The largest absolute Gasteiger partial charge is 0.475 e. The van der Waals surface area contributed by atoms with Crippen LogP contribution in [0.2, 0.25) is 0 Å². The fraction of sp³-hybridized carbons (Fsp3) is 0.500. The van der Waals surface area contributed by atoms with Gasteiger partial charge in [-0.15, -0.1) is 0 Å². The Morgan fingerprint density at radius 2 is 2.31 bits per heavy atom. The monoisotopic (exact) mass is 225 g/mol. The number of rotatable bonds is 5. The molecule has 0 aromatic carbocycles. The summed E-state index contributed by atoms with van der Waals surface area (Å²) in [6.07, 6.45) is 1.93. The Hall–Kier alpha value is -1.85. The Labute approximate surface area is 93.6 Å². The van der Waals surface area contributed by atoms with E-state index in [0.717, 1.165) is 12.8 Å². The molecule has 0 bridgehead atoms. The van der Waals surface area contributed by atoms with Crippen LogP contribution in [0.15, 0.2) is 12.1 Å². The summed E-state index contributed by atoms with van der Waals surface area (Å²) in [7, 11) is 0. The molecular formula is C10H15N3O3. The van der Waals surface area contributed by atoms with E-state index in [1.807, 2.05) is 6.92 Å². The Morgan fingerprint density at radius 1 is 1.62 bits per heavy atom. The lowest BCUT2D eigenvalue weighted by Crippen LogP contribution is -2.12. The van der Waals surface area contributed by atoms with Crippen molar-refractivity contribution in [3.05, 3.63) is 22.2 Å². The fourth-order valence-corrected chi connectivity index (χ4v) is 1.34. The summed E-state index contributed by atoms with van der Waals surface area (Å²) < 4.78 is 5.46. The molecule has 1 unspecified atom stereocenters. The van der Waals surface area contributed by atoms with Crippen molar-refractivity contribution in [1.82, 2.24) is 4.98 Å². The van der Waals surface area contributed by atoms with Gasteiger partial charge in [0.25, 0.3) is 0 Å². The van der Waals surface area contributed by atoms with Gasteiger partial charge in [-0.05, 0) is 13.3 Å². The topological polar surface area (TPSA) is 91.3 Å². The first-order valence-electron chi connectivity index (χ1n) is 5.12. The second kappa shape index (κ2) is 5.29. The third-order valence-electron chi connectivity index (χ3n) is 2.09. The SMILES string of the molecule is CCCC(C)Oc1ccc([N+](=O)[O-])c(N)n1. The van der Waals surface area contributed by atoms with Gasteiger partial charge in [-0.3, -0.25) is 10.1 Å². The smallest absolute Gasteiger partial charge is 0.311 e. The van der Waals surface area contributed by atoms with E-state index >= 15 is 0 Å². The highest BCUT2D eigenvalue weighted by atomic mass is 16.6. The van der Waals surface area contributed by atoms with E-state index in [1.54, 1.807) is 0 Å². The lowest BCUT2D eigenvalue weighted by molar-refractivity contribution is -0.384. The first-order chi connectivity index (χ1) is 7.54. The number of nitrogens with zero attached hydrogens (tertiary/aromatic N) is 2. The number of nitro groups is 1. The molecule has 0 aliphatic carbocycles. The average molecular weight is 225 g/mol. The number of nitrogens with two attached hydrogens (primary N) is 1. The molecule has 0 aliphatic rings. The van der Waals surface area contributed by atoms with Gasteiger partial charge < -0.3 is 10.5 Å². The van der Waals surface area contributed by atoms with Crippen molar-refractivity contribution in [2.75, 3.05) is 5.73 Å². The van der Waals surface area contributed by atoms with Crippen molar-refractivity contribution >= 4 is 11.5 Å². The number of aromatic nitrogens is 1. The molecule has 0 saturated heterocycles. The van der Waals surface area contributed by atoms with Gasteiger partial charge in [-0.1, -0.05) is 13.3 Å². The van der Waals surface area contributed by atoms with E-state index in [1.165, 1.54) is 12.1 Å². The number of pyridine rings is 1. The highest BCUT2D eigenvalue weighted by molar-refractivity contribution is 5.53. The summed E-state index contributed by atoms with van der Waals surface area (Å²) in [5.74, 6) is 0.204. The van der Waals surface area contributed by atoms with Gasteiger partial charge in [0.1, 0.15) is 0 Å². The molecule has 1 rings (SSSR count). The van der Waals surface area contributed by atoms with Crippen molar-refractivity contribution in [3.8, 4) is 5.88 Å². The van der Waals surface area contributed by atoms with Gasteiger partial charge in [0.15, 0.2) is 0 Å². The standard InChI is InChI=1S/C10H15N3O3/c1-3-4-7(2)16-9-6-5-8(13(14)15)10(11)12-9/h5-7H,3-4H2,1-2H3,(H2,11,12). The lowest BCUT2D eigenvalue weighted by atomic mass is 10.2. The van der Waals surface area contributed by atoms with Crippen LogP contribution in [0.5, 0.6) is 5.88 Å². The summed E-state index contributed by atoms with van der Waals surface area (Å²) in [4.78, 5) is 13.8. The highest BCUT2D eigenvalue weighted by Crippen LogP contribution is 2.22. The van der Waals surface area contributed by atoms with Crippen LogP contribution >= 0.6 is 0 Å². The van der Waals surface area contributed by atoms with Crippen LogP contribution in [-0.4, -0.2) is 16.0 Å². The Morgan fingerprint density at radius 3 is 2.81 bits per heavy atom. The van der Waals surface area contributed by atoms with E-state index < -0.39 is 4.92 Å². The zero-order chi connectivity index (χ0) is 12.1. The molecule has 88 valence electrons. The molecule has 1 atom stereocenters. The zero-order valence-corrected chi connectivity index (χ0v) is 9.34. The van der Waals surface area contributed by atoms with Crippen LogP contribution in [-0.2, 0) is 0 Å². The molecule has 1 aromatic rings. The Balaban J connectivity index is 2.77. The van der Waals surface area contributed by atoms with Crippen LogP contribution < -0.4 is 10.5 Å². The normalized spacial score (nSPS) is 12.1. The molecule has 1 aromatic heterocycles. The van der Waals surface area contributed by atoms with E-state index in [-0.39, 0.29) is 17.6 Å². The molecule has 0 fully saturated rings. The van der Waals surface area contributed by atoms with Crippen LogP contribution in [0.25, 0.3) is 0 Å². The van der Waals surface area contributed by atoms with Gasteiger partial charge in [-0.25, -0.2) is 0 Å². The van der Waals surface area contributed by atoms with Gasteiger partial charge in [0, 0.05) is 12.1 Å². The van der Waals surface area contributed by atoms with E-state index in [0.29, 0.717) is 5.88 Å². The first kappa shape index (κ1) is 12.2. The molecule has 2 N–H and O–H groups in total. The van der Waals surface area contributed by atoms with Crippen molar-refractivity contribution in [3.63, 3.8) is 0 Å². The average Bonchev–Trinajstić information content (AvgIpc) is 2.17. The number of nitrogen functional groups attached to an aromatic ring is 1. The van der Waals surface area contributed by atoms with Gasteiger partial charge in [0.05, 0.1) is 11.0 Å². The molecule has 0 saturated carbocycles. The van der Waals surface area contributed by atoms with Crippen molar-refractivity contribution < 1.29 is 9.66 Å². The van der Waals surface area contributed by atoms with Crippen molar-refractivity contribution in [1.29, 1.82) is 0 Å². The quantitative estimate of drug-likeness (QED) is 0.612. The minimum atomic E-state index is -0.568. The predicted molar refractivity (Wildman–Crippen MR) is 60.3 cm³/mol. The number of anilines is 1. The molecule has 6 nitrogen and oxygen atoms in total. The maximum atomic E-state index is 10.5. The molecule has 0 amide bonds. The van der Waals surface area contributed by atoms with Gasteiger partial charge in [0.2, 0.25) is 11.7 Å². The Kier molecular flexibility index (Phi) is 4.04. The lowest BCUT2D eigenvalue weighted by Gasteiger charge is -2.12. The van der Waals surface area contributed by atoms with Crippen LogP contribution in [0.1, 0.15) is 26.7 Å². The molecular weight excluding hydrogens is 210 g/mol. The van der Waals surface area contributed by atoms with Gasteiger partial charge in [-0.2, -0.15) is 4.98 Å². The van der Waals surface area contributed by atoms with Crippen LogP contribution in [0.4, 0.5) is 11.5 Å². The first-order valence-corrected chi connectivity index (χ1v) is 5.12. The number of hydrogen-bond acceptors (Lipinski definition) is 5. The predicted octanol–water partition coefficient (Wildman–Crippen LogP) is 2.14. The molecule has 0 aliphatic heterocycles. The van der Waals surface area contributed by atoms with Crippen LogP contribution in [0, 0.1) is 10.1 Å².